The lowest BCUT2D eigenvalue weighted by Gasteiger charge is -2.37. The zero-order valence-corrected chi connectivity index (χ0v) is 12.9. The molecule has 0 aromatic heterocycles. The summed E-state index contributed by atoms with van der Waals surface area (Å²) in [4.78, 5) is 16.6. The summed E-state index contributed by atoms with van der Waals surface area (Å²) in [5.41, 5.74) is 2.44. The molecule has 1 heterocycles. The fourth-order valence-electron chi connectivity index (χ4n) is 2.99. The fourth-order valence-corrected chi connectivity index (χ4v) is 3.16. The van der Waals surface area contributed by atoms with Gasteiger partial charge in [0.1, 0.15) is 0 Å². The Morgan fingerprint density at radius 2 is 1.90 bits per heavy atom. The average Bonchev–Trinajstić information content (AvgIpc) is 3.18. The number of amides is 1. The number of piperazine rings is 1. The Hall–Kier alpha value is -1.22. The quantitative estimate of drug-likeness (QED) is 0.837. The number of benzene rings is 1. The SMILES string of the molecule is Cc1ccc(Cl)cc1N1CCN(C(=O)[C@H]2C[C@H]2C)CC1. The van der Waals surface area contributed by atoms with Crippen LogP contribution in [0, 0.1) is 18.8 Å². The molecule has 1 aliphatic heterocycles. The van der Waals surface area contributed by atoms with Gasteiger partial charge in [-0.2, -0.15) is 0 Å². The van der Waals surface area contributed by atoms with Crippen LogP contribution in [-0.4, -0.2) is 37.0 Å². The fraction of sp³-hybridized carbons (Fsp3) is 0.562. The van der Waals surface area contributed by atoms with Gasteiger partial charge in [0.05, 0.1) is 0 Å². The molecule has 108 valence electrons. The van der Waals surface area contributed by atoms with Crippen molar-refractivity contribution in [2.45, 2.75) is 20.3 Å². The van der Waals surface area contributed by atoms with Crippen molar-refractivity contribution in [3.63, 3.8) is 0 Å². The molecule has 0 unspecified atom stereocenters. The maximum absolute atomic E-state index is 12.2. The minimum atomic E-state index is 0.300. The number of carbonyl (C=O) groups excluding carboxylic acids is 1. The van der Waals surface area contributed by atoms with Crippen molar-refractivity contribution in [2.24, 2.45) is 11.8 Å². The van der Waals surface area contributed by atoms with Gasteiger partial charge < -0.3 is 9.80 Å². The molecular formula is C16H21ClN2O. The zero-order valence-electron chi connectivity index (χ0n) is 12.1. The van der Waals surface area contributed by atoms with Gasteiger partial charge in [0.2, 0.25) is 5.91 Å². The van der Waals surface area contributed by atoms with Crippen molar-refractivity contribution in [3.05, 3.63) is 28.8 Å². The molecule has 1 aromatic rings. The van der Waals surface area contributed by atoms with Gasteiger partial charge in [-0.05, 0) is 37.0 Å². The van der Waals surface area contributed by atoms with Crippen LogP contribution in [0.1, 0.15) is 18.9 Å². The van der Waals surface area contributed by atoms with Gasteiger partial charge in [-0.3, -0.25) is 4.79 Å². The second kappa shape index (κ2) is 5.28. The smallest absolute Gasteiger partial charge is 0.226 e. The first-order chi connectivity index (χ1) is 9.56. The highest BCUT2D eigenvalue weighted by atomic mass is 35.5. The van der Waals surface area contributed by atoms with E-state index in [1.165, 1.54) is 11.3 Å². The van der Waals surface area contributed by atoms with Crippen LogP contribution in [0.15, 0.2) is 18.2 Å². The molecule has 3 nitrogen and oxygen atoms in total. The summed E-state index contributed by atoms with van der Waals surface area (Å²) in [7, 11) is 0. The molecule has 20 heavy (non-hydrogen) atoms. The molecule has 4 heteroatoms. The summed E-state index contributed by atoms with van der Waals surface area (Å²) in [6.07, 6.45) is 1.08. The number of hydrogen-bond donors (Lipinski definition) is 0. The Kier molecular flexibility index (Phi) is 3.63. The number of aryl methyl sites for hydroxylation is 1. The lowest BCUT2D eigenvalue weighted by atomic mass is 10.1. The summed E-state index contributed by atoms with van der Waals surface area (Å²) < 4.78 is 0. The first kappa shape index (κ1) is 13.7. The number of halogens is 1. The van der Waals surface area contributed by atoms with E-state index in [0.29, 0.717) is 17.7 Å². The third-order valence-electron chi connectivity index (χ3n) is 4.53. The monoisotopic (exact) mass is 292 g/mol. The van der Waals surface area contributed by atoms with Gasteiger partial charge >= 0.3 is 0 Å². The van der Waals surface area contributed by atoms with Crippen molar-refractivity contribution < 1.29 is 4.79 Å². The molecule has 0 radical (unpaired) electrons. The van der Waals surface area contributed by atoms with E-state index in [-0.39, 0.29) is 0 Å². The van der Waals surface area contributed by atoms with Crippen molar-refractivity contribution >= 4 is 23.2 Å². The molecule has 1 saturated carbocycles. The van der Waals surface area contributed by atoms with E-state index in [2.05, 4.69) is 24.8 Å². The van der Waals surface area contributed by atoms with E-state index >= 15 is 0 Å². The van der Waals surface area contributed by atoms with Gasteiger partial charge in [-0.15, -0.1) is 0 Å². The standard InChI is InChI=1S/C16H21ClN2O/c1-11-3-4-13(17)10-15(11)18-5-7-19(8-6-18)16(20)14-9-12(14)2/h3-4,10,12,14H,5-9H2,1-2H3/t12-,14+/m1/s1. The van der Waals surface area contributed by atoms with Crippen LogP contribution in [0.3, 0.4) is 0 Å². The van der Waals surface area contributed by atoms with Crippen LogP contribution in [-0.2, 0) is 4.79 Å². The maximum Gasteiger partial charge on any atom is 0.226 e. The molecule has 1 amide bonds. The Morgan fingerprint density at radius 3 is 2.50 bits per heavy atom. The summed E-state index contributed by atoms with van der Waals surface area (Å²) in [6.45, 7) is 7.72. The van der Waals surface area contributed by atoms with E-state index in [1.54, 1.807) is 0 Å². The second-order valence-electron chi connectivity index (χ2n) is 6.06. The summed E-state index contributed by atoms with van der Waals surface area (Å²) >= 11 is 6.09. The predicted octanol–water partition coefficient (Wildman–Crippen LogP) is 2.95. The van der Waals surface area contributed by atoms with Crippen LogP contribution in [0.2, 0.25) is 5.02 Å². The summed E-state index contributed by atoms with van der Waals surface area (Å²) in [6, 6.07) is 6.01. The molecular weight excluding hydrogens is 272 g/mol. The number of carbonyl (C=O) groups is 1. The van der Waals surface area contributed by atoms with Crippen LogP contribution in [0.5, 0.6) is 0 Å². The highest BCUT2D eigenvalue weighted by Gasteiger charge is 2.41. The van der Waals surface area contributed by atoms with Gasteiger partial charge in [-0.1, -0.05) is 24.6 Å². The first-order valence-electron chi connectivity index (χ1n) is 7.36. The number of rotatable bonds is 2. The van der Waals surface area contributed by atoms with Crippen LogP contribution >= 0.6 is 11.6 Å². The normalized spacial score (nSPS) is 25.8. The van der Waals surface area contributed by atoms with Gasteiger partial charge in [0.15, 0.2) is 0 Å². The Balaban J connectivity index is 1.63. The van der Waals surface area contributed by atoms with Gasteiger partial charge in [0, 0.05) is 42.8 Å². The molecule has 3 rings (SSSR count). The van der Waals surface area contributed by atoms with Crippen molar-refractivity contribution in [3.8, 4) is 0 Å². The van der Waals surface area contributed by atoms with E-state index in [0.717, 1.165) is 37.6 Å². The minimum absolute atomic E-state index is 0.300. The van der Waals surface area contributed by atoms with Gasteiger partial charge in [0.25, 0.3) is 0 Å². The van der Waals surface area contributed by atoms with E-state index in [4.69, 9.17) is 11.6 Å². The minimum Gasteiger partial charge on any atom is -0.368 e. The Morgan fingerprint density at radius 1 is 1.25 bits per heavy atom. The summed E-state index contributed by atoms with van der Waals surface area (Å²) in [5, 5.41) is 0.774. The third kappa shape index (κ3) is 2.64. The van der Waals surface area contributed by atoms with Crippen LogP contribution < -0.4 is 4.90 Å². The highest BCUT2D eigenvalue weighted by Crippen LogP contribution is 2.39. The summed E-state index contributed by atoms with van der Waals surface area (Å²) in [5.74, 6) is 1.25. The molecule has 2 atom stereocenters. The van der Waals surface area contributed by atoms with E-state index in [9.17, 15) is 4.79 Å². The van der Waals surface area contributed by atoms with Crippen LogP contribution in [0.25, 0.3) is 0 Å². The van der Waals surface area contributed by atoms with E-state index in [1.807, 2.05) is 17.0 Å². The van der Waals surface area contributed by atoms with Crippen molar-refractivity contribution in [1.82, 2.24) is 4.90 Å². The third-order valence-corrected chi connectivity index (χ3v) is 4.76. The molecule has 2 aliphatic rings. The lowest BCUT2D eigenvalue weighted by Crippen LogP contribution is -2.49. The van der Waals surface area contributed by atoms with Crippen LogP contribution in [0.4, 0.5) is 5.69 Å². The topological polar surface area (TPSA) is 23.6 Å². The predicted molar refractivity (Wildman–Crippen MR) is 82.3 cm³/mol. The molecule has 0 spiro atoms. The molecule has 1 aromatic carbocycles. The second-order valence-corrected chi connectivity index (χ2v) is 6.50. The Labute approximate surface area is 125 Å². The highest BCUT2D eigenvalue weighted by molar-refractivity contribution is 6.30. The lowest BCUT2D eigenvalue weighted by molar-refractivity contribution is -0.133. The number of hydrogen-bond acceptors (Lipinski definition) is 2. The number of anilines is 1. The average molecular weight is 293 g/mol. The molecule has 1 aliphatic carbocycles. The maximum atomic E-state index is 12.2. The zero-order chi connectivity index (χ0) is 14.3. The number of nitrogens with zero attached hydrogens (tertiary/aromatic N) is 2. The van der Waals surface area contributed by atoms with E-state index < -0.39 is 0 Å². The van der Waals surface area contributed by atoms with Crippen molar-refractivity contribution in [2.75, 3.05) is 31.1 Å². The van der Waals surface area contributed by atoms with Gasteiger partial charge in [-0.25, -0.2) is 0 Å². The molecule has 0 N–H and O–H groups in total. The molecule has 2 fully saturated rings. The largest absolute Gasteiger partial charge is 0.368 e. The molecule has 1 saturated heterocycles. The molecule has 0 bridgehead atoms. The Bertz CT molecular complexity index is 523. The van der Waals surface area contributed by atoms with Crippen molar-refractivity contribution in [1.29, 1.82) is 0 Å². The first-order valence-corrected chi connectivity index (χ1v) is 7.74.